The fraction of sp³-hybridized carbons (Fsp3) is 0.316. The van der Waals surface area contributed by atoms with Crippen LogP contribution in [0.2, 0.25) is 25.7 Å². The van der Waals surface area contributed by atoms with Crippen LogP contribution in [-0.4, -0.2) is 25.7 Å². The molecular weight excluding hydrogens is 380 g/mol. The zero-order chi connectivity index (χ0) is 19.9. The lowest BCUT2D eigenvalue weighted by atomic mass is 10.2. The Kier molecular flexibility index (Phi) is 7.43. The van der Waals surface area contributed by atoms with Gasteiger partial charge in [0.15, 0.2) is 0 Å². The molecule has 0 bridgehead atoms. The molecule has 2 aromatic rings. The number of nitrogens with one attached hydrogen (secondary N) is 1. The number of rotatable bonds is 8. The maximum absolute atomic E-state index is 11.8. The summed E-state index contributed by atoms with van der Waals surface area (Å²) in [7, 11) is -1.21. The molecule has 0 unspecified atom stereocenters. The molecule has 2 aromatic carbocycles. The number of hydrogen-bond donors (Lipinski definition) is 1. The number of ether oxygens (including phenoxy) is 1. The number of anilines is 1. The van der Waals surface area contributed by atoms with Crippen molar-refractivity contribution < 1.29 is 14.5 Å². The van der Waals surface area contributed by atoms with E-state index in [1.807, 2.05) is 24.3 Å². The van der Waals surface area contributed by atoms with E-state index < -0.39 is 19.1 Å². The molecular formula is C19H24N2O4SSi. The highest BCUT2D eigenvalue weighted by Crippen LogP contribution is 2.25. The minimum Gasteiger partial charge on any atom is -0.450 e. The van der Waals surface area contributed by atoms with Crippen LogP contribution in [0.25, 0.3) is 0 Å². The Morgan fingerprint density at radius 2 is 1.74 bits per heavy atom. The molecule has 0 fully saturated rings. The van der Waals surface area contributed by atoms with E-state index in [2.05, 4.69) is 25.0 Å². The molecule has 0 radical (unpaired) electrons. The second-order valence-electron chi connectivity index (χ2n) is 7.31. The van der Waals surface area contributed by atoms with Gasteiger partial charge in [-0.25, -0.2) is 4.79 Å². The molecule has 8 heteroatoms. The van der Waals surface area contributed by atoms with Crippen molar-refractivity contribution in [1.82, 2.24) is 0 Å². The number of nitro groups is 1. The van der Waals surface area contributed by atoms with Crippen molar-refractivity contribution in [3.63, 3.8) is 0 Å². The van der Waals surface area contributed by atoms with Crippen molar-refractivity contribution in [3.05, 3.63) is 64.2 Å². The van der Waals surface area contributed by atoms with Gasteiger partial charge in [0.25, 0.3) is 5.69 Å². The summed E-state index contributed by atoms with van der Waals surface area (Å²) in [6, 6.07) is 15.0. The molecule has 1 amide bonds. The van der Waals surface area contributed by atoms with Gasteiger partial charge in [0.05, 0.1) is 11.5 Å². The standard InChI is InChI=1S/C19H24N2O4SSi/c1-27(2,3)13-12-25-19(22)20-16-6-4-15(5-7-16)14-26-18-10-8-17(9-11-18)21(23)24/h4-11H,12-14H2,1-3H3,(H,20,22). The van der Waals surface area contributed by atoms with E-state index in [1.165, 1.54) is 12.1 Å². The Balaban J connectivity index is 1.79. The highest BCUT2D eigenvalue weighted by Gasteiger charge is 2.14. The third-order valence-electron chi connectivity index (χ3n) is 3.74. The second kappa shape index (κ2) is 9.57. The molecule has 0 aliphatic rings. The number of amides is 1. The van der Waals surface area contributed by atoms with Gasteiger partial charge in [-0.1, -0.05) is 31.8 Å². The van der Waals surface area contributed by atoms with Gasteiger partial charge in [-0.3, -0.25) is 15.4 Å². The van der Waals surface area contributed by atoms with Crippen LogP contribution in [0.15, 0.2) is 53.4 Å². The van der Waals surface area contributed by atoms with Crippen molar-refractivity contribution in [1.29, 1.82) is 0 Å². The van der Waals surface area contributed by atoms with Crippen LogP contribution < -0.4 is 5.32 Å². The molecule has 27 heavy (non-hydrogen) atoms. The van der Waals surface area contributed by atoms with E-state index in [9.17, 15) is 14.9 Å². The van der Waals surface area contributed by atoms with Crippen LogP contribution in [-0.2, 0) is 10.5 Å². The maximum Gasteiger partial charge on any atom is 0.411 e. The lowest BCUT2D eigenvalue weighted by Gasteiger charge is -2.15. The fourth-order valence-corrected chi connectivity index (χ4v) is 3.69. The first-order valence-corrected chi connectivity index (χ1v) is 13.3. The first-order valence-electron chi connectivity index (χ1n) is 8.63. The normalized spacial score (nSPS) is 11.1. The van der Waals surface area contributed by atoms with Gasteiger partial charge in [-0.05, 0) is 35.9 Å². The Labute approximate surface area is 164 Å². The molecule has 144 valence electrons. The molecule has 0 aromatic heterocycles. The average molecular weight is 405 g/mol. The largest absolute Gasteiger partial charge is 0.450 e. The van der Waals surface area contributed by atoms with E-state index in [0.717, 1.165) is 22.3 Å². The number of thioether (sulfide) groups is 1. The van der Waals surface area contributed by atoms with Gasteiger partial charge in [-0.15, -0.1) is 11.8 Å². The number of carbonyl (C=O) groups is 1. The van der Waals surface area contributed by atoms with E-state index in [1.54, 1.807) is 23.9 Å². The number of nitro benzene ring substituents is 1. The minimum absolute atomic E-state index is 0.0894. The van der Waals surface area contributed by atoms with Crippen LogP contribution in [0.4, 0.5) is 16.2 Å². The fourth-order valence-electron chi connectivity index (χ4n) is 2.12. The summed E-state index contributed by atoms with van der Waals surface area (Å²) in [5.74, 6) is 0.735. The molecule has 0 spiro atoms. The minimum atomic E-state index is -1.21. The lowest BCUT2D eigenvalue weighted by Crippen LogP contribution is -2.24. The third kappa shape index (κ3) is 7.84. The predicted molar refractivity (Wildman–Crippen MR) is 112 cm³/mol. The van der Waals surface area contributed by atoms with Gasteiger partial charge < -0.3 is 4.74 Å². The summed E-state index contributed by atoms with van der Waals surface area (Å²) in [5.41, 5.74) is 1.87. The van der Waals surface area contributed by atoms with Gasteiger partial charge in [0.2, 0.25) is 0 Å². The zero-order valence-corrected chi connectivity index (χ0v) is 17.5. The Bertz CT molecular complexity index is 774. The summed E-state index contributed by atoms with van der Waals surface area (Å²) < 4.78 is 5.22. The highest BCUT2D eigenvalue weighted by atomic mass is 32.2. The summed E-state index contributed by atoms with van der Waals surface area (Å²) in [5, 5.41) is 13.4. The van der Waals surface area contributed by atoms with E-state index in [4.69, 9.17) is 4.74 Å². The number of carbonyl (C=O) groups excluding carboxylic acids is 1. The molecule has 0 saturated carbocycles. The van der Waals surface area contributed by atoms with Crippen LogP contribution in [0, 0.1) is 10.1 Å². The Hall–Kier alpha value is -2.32. The lowest BCUT2D eigenvalue weighted by molar-refractivity contribution is -0.384. The van der Waals surface area contributed by atoms with Gasteiger partial charge >= 0.3 is 6.09 Å². The average Bonchev–Trinajstić information content (AvgIpc) is 2.60. The van der Waals surface area contributed by atoms with Crippen molar-refractivity contribution >= 4 is 37.3 Å². The molecule has 6 nitrogen and oxygen atoms in total. The molecule has 0 aliphatic heterocycles. The molecule has 2 rings (SSSR count). The van der Waals surface area contributed by atoms with E-state index in [-0.39, 0.29) is 5.69 Å². The molecule has 0 aliphatic carbocycles. The first kappa shape index (κ1) is 21.0. The number of non-ortho nitro benzene ring substituents is 1. The van der Waals surface area contributed by atoms with Gasteiger partial charge in [0.1, 0.15) is 0 Å². The van der Waals surface area contributed by atoms with E-state index in [0.29, 0.717) is 12.3 Å². The second-order valence-corrected chi connectivity index (χ2v) is 14.0. The first-order chi connectivity index (χ1) is 12.7. The number of benzene rings is 2. The van der Waals surface area contributed by atoms with Crippen molar-refractivity contribution in [2.45, 2.75) is 36.3 Å². The zero-order valence-electron chi connectivity index (χ0n) is 15.7. The number of hydrogen-bond acceptors (Lipinski definition) is 5. The number of nitrogens with zero attached hydrogens (tertiary/aromatic N) is 1. The SMILES string of the molecule is C[Si](C)(C)CCOC(=O)Nc1ccc(CSc2ccc([N+](=O)[O-])cc2)cc1. The van der Waals surface area contributed by atoms with Gasteiger partial charge in [0, 0.05) is 36.5 Å². The van der Waals surface area contributed by atoms with Crippen LogP contribution in [0.3, 0.4) is 0 Å². The highest BCUT2D eigenvalue weighted by molar-refractivity contribution is 7.98. The molecule has 1 N–H and O–H groups in total. The van der Waals surface area contributed by atoms with Crippen LogP contribution in [0.1, 0.15) is 5.56 Å². The van der Waals surface area contributed by atoms with E-state index >= 15 is 0 Å². The predicted octanol–water partition coefficient (Wildman–Crippen LogP) is 5.77. The maximum atomic E-state index is 11.8. The third-order valence-corrected chi connectivity index (χ3v) is 6.53. The molecule has 0 saturated heterocycles. The van der Waals surface area contributed by atoms with Crippen molar-refractivity contribution in [3.8, 4) is 0 Å². The Morgan fingerprint density at radius 3 is 2.30 bits per heavy atom. The summed E-state index contributed by atoms with van der Waals surface area (Å²) in [4.78, 5) is 23.0. The molecule has 0 heterocycles. The van der Waals surface area contributed by atoms with Gasteiger partial charge in [-0.2, -0.15) is 0 Å². The van der Waals surface area contributed by atoms with Crippen LogP contribution in [0.5, 0.6) is 0 Å². The smallest absolute Gasteiger partial charge is 0.411 e. The summed E-state index contributed by atoms with van der Waals surface area (Å²) in [6.45, 7) is 7.16. The van der Waals surface area contributed by atoms with Crippen LogP contribution >= 0.6 is 11.8 Å². The topological polar surface area (TPSA) is 81.5 Å². The van der Waals surface area contributed by atoms with Crippen molar-refractivity contribution in [2.75, 3.05) is 11.9 Å². The quantitative estimate of drug-likeness (QED) is 0.261. The summed E-state index contributed by atoms with van der Waals surface area (Å²) >= 11 is 1.60. The summed E-state index contributed by atoms with van der Waals surface area (Å²) in [6.07, 6.45) is -0.429. The Morgan fingerprint density at radius 1 is 1.11 bits per heavy atom. The monoisotopic (exact) mass is 404 g/mol. The van der Waals surface area contributed by atoms with Crippen molar-refractivity contribution in [2.24, 2.45) is 0 Å². The molecule has 0 atom stereocenters.